The summed E-state index contributed by atoms with van der Waals surface area (Å²) in [6.07, 6.45) is 5.57. The third-order valence-corrected chi connectivity index (χ3v) is 6.82. The average molecular weight is 448 g/mol. The van der Waals surface area contributed by atoms with Gasteiger partial charge in [0.15, 0.2) is 0 Å². The van der Waals surface area contributed by atoms with Gasteiger partial charge in [0.2, 0.25) is 0 Å². The Morgan fingerprint density at radius 3 is 2.66 bits per heavy atom. The van der Waals surface area contributed by atoms with Crippen LogP contribution >= 0.6 is 11.8 Å². The molecule has 8 heteroatoms. The molecule has 1 N–H and O–H groups in total. The number of pyridine rings is 1. The van der Waals surface area contributed by atoms with E-state index in [1.165, 1.54) is 5.56 Å². The number of fused-ring (bicyclic) bond motifs is 1. The fraction of sp³-hybridized carbons (Fsp3) is 0.292. The van der Waals surface area contributed by atoms with E-state index in [1.807, 2.05) is 28.9 Å². The number of rotatable bonds is 5. The van der Waals surface area contributed by atoms with Crippen molar-refractivity contribution >= 4 is 34.6 Å². The molecule has 4 heterocycles. The van der Waals surface area contributed by atoms with Gasteiger partial charge in [0.25, 0.3) is 11.1 Å². The molecule has 5 rings (SSSR count). The van der Waals surface area contributed by atoms with E-state index in [2.05, 4.69) is 51.3 Å². The van der Waals surface area contributed by atoms with Gasteiger partial charge in [-0.05, 0) is 53.7 Å². The molecule has 164 valence electrons. The number of hydrogen-bond acceptors (Lipinski definition) is 6. The molecule has 0 spiro atoms. The number of imide groups is 1. The van der Waals surface area contributed by atoms with E-state index >= 15 is 0 Å². The van der Waals surface area contributed by atoms with Crippen molar-refractivity contribution < 1.29 is 9.59 Å². The maximum absolute atomic E-state index is 11.9. The third kappa shape index (κ3) is 4.34. The molecule has 0 unspecified atom stereocenters. The van der Waals surface area contributed by atoms with Crippen LogP contribution < -0.4 is 5.32 Å². The van der Waals surface area contributed by atoms with E-state index in [9.17, 15) is 9.59 Å². The summed E-state index contributed by atoms with van der Waals surface area (Å²) in [7, 11) is 0. The van der Waals surface area contributed by atoms with Gasteiger partial charge in [-0.15, -0.1) is 0 Å². The average Bonchev–Trinajstić information content (AvgIpc) is 3.36. The van der Waals surface area contributed by atoms with E-state index in [1.54, 1.807) is 6.08 Å². The Kier molecular flexibility index (Phi) is 5.82. The molecule has 2 aliphatic rings. The Balaban J connectivity index is 1.40. The molecule has 2 aliphatic heterocycles. The van der Waals surface area contributed by atoms with Crippen LogP contribution in [0.5, 0.6) is 0 Å². The minimum Gasteiger partial charge on any atom is -0.301 e. The fourth-order valence-electron chi connectivity index (χ4n) is 4.22. The van der Waals surface area contributed by atoms with Crippen LogP contribution in [0.1, 0.15) is 18.1 Å². The Morgan fingerprint density at radius 2 is 1.91 bits per heavy atom. The van der Waals surface area contributed by atoms with Crippen LogP contribution in [0.25, 0.3) is 23.0 Å². The highest BCUT2D eigenvalue weighted by Gasteiger charge is 2.25. The minimum absolute atomic E-state index is 0.335. The molecule has 0 radical (unpaired) electrons. The summed E-state index contributed by atoms with van der Waals surface area (Å²) in [5.74, 6) is -0.349. The number of hydrogen-bond donors (Lipinski definition) is 1. The third-order valence-electron chi connectivity index (χ3n) is 6.01. The maximum Gasteiger partial charge on any atom is 0.290 e. The fourth-order valence-corrected chi connectivity index (χ4v) is 4.90. The second-order valence-electron chi connectivity index (χ2n) is 8.10. The summed E-state index contributed by atoms with van der Waals surface area (Å²) < 4.78 is 2.03. The van der Waals surface area contributed by atoms with Gasteiger partial charge in [0.05, 0.1) is 16.8 Å². The van der Waals surface area contributed by atoms with Crippen LogP contribution in [0.15, 0.2) is 53.7 Å². The van der Waals surface area contributed by atoms with Gasteiger partial charge in [0, 0.05) is 44.5 Å². The number of thioether (sulfide) groups is 1. The molecule has 2 aromatic heterocycles. The van der Waals surface area contributed by atoms with Crippen molar-refractivity contribution in [3.63, 3.8) is 0 Å². The number of carbonyl (C=O) groups is 2. The van der Waals surface area contributed by atoms with E-state index in [-0.39, 0.29) is 11.1 Å². The summed E-state index contributed by atoms with van der Waals surface area (Å²) in [5.41, 5.74) is 5.07. The highest BCUT2D eigenvalue weighted by molar-refractivity contribution is 8.18. The smallest absolute Gasteiger partial charge is 0.290 e. The monoisotopic (exact) mass is 447 g/mol. The van der Waals surface area contributed by atoms with Gasteiger partial charge in [-0.25, -0.2) is 4.98 Å². The lowest BCUT2D eigenvalue weighted by atomic mass is 10.1. The molecule has 0 aliphatic carbocycles. The molecule has 2 fully saturated rings. The zero-order chi connectivity index (χ0) is 22.1. The Morgan fingerprint density at radius 1 is 1.09 bits per heavy atom. The highest BCUT2D eigenvalue weighted by Crippen LogP contribution is 2.27. The van der Waals surface area contributed by atoms with Crippen LogP contribution in [0.2, 0.25) is 0 Å². The summed E-state index contributed by atoms with van der Waals surface area (Å²) in [4.78, 5) is 33.3. The number of nitrogens with one attached hydrogen (secondary N) is 1. The van der Waals surface area contributed by atoms with Crippen molar-refractivity contribution in [3.8, 4) is 11.3 Å². The molecule has 1 aromatic carbocycles. The van der Waals surface area contributed by atoms with Gasteiger partial charge in [-0.3, -0.25) is 24.2 Å². The predicted octanol–water partition coefficient (Wildman–Crippen LogP) is 3.46. The number of amides is 2. The van der Waals surface area contributed by atoms with Crippen LogP contribution in [0.4, 0.5) is 4.79 Å². The largest absolute Gasteiger partial charge is 0.301 e. The number of imidazole rings is 1. The van der Waals surface area contributed by atoms with Gasteiger partial charge in [-0.1, -0.05) is 25.1 Å². The van der Waals surface area contributed by atoms with Crippen molar-refractivity contribution in [2.45, 2.75) is 13.5 Å². The summed E-state index contributed by atoms with van der Waals surface area (Å²) in [6.45, 7) is 8.74. The van der Waals surface area contributed by atoms with E-state index < -0.39 is 0 Å². The van der Waals surface area contributed by atoms with Crippen molar-refractivity contribution in [1.82, 2.24) is 24.5 Å². The standard InChI is InChI=1S/C24H25N5O2S/c1-2-27-8-10-28(11-9-27)15-17-4-3-5-19(12-17)20-14-25-22-7-6-18(16-29(20)22)13-21-23(30)26-24(31)32-21/h3-7,12-14,16H,2,8-11,15H2,1H3,(H,26,30,31). The Hall–Kier alpha value is -2.94. The SMILES string of the molecule is CCN1CCN(Cc2cccc(-c3cnc4ccc(C=C5SC(=O)NC5=O)cn34)c2)CC1. The number of benzene rings is 1. The summed E-state index contributed by atoms with van der Waals surface area (Å²) in [5, 5.41) is 1.96. The second-order valence-corrected chi connectivity index (χ2v) is 9.11. The number of carbonyl (C=O) groups excluding carboxylic acids is 2. The lowest BCUT2D eigenvalue weighted by molar-refractivity contribution is -0.115. The zero-order valence-corrected chi connectivity index (χ0v) is 18.8. The highest BCUT2D eigenvalue weighted by atomic mass is 32.2. The van der Waals surface area contributed by atoms with Gasteiger partial charge in [0.1, 0.15) is 5.65 Å². The molecular weight excluding hydrogens is 422 g/mol. The van der Waals surface area contributed by atoms with Gasteiger partial charge < -0.3 is 4.90 Å². The molecule has 2 amide bonds. The Bertz CT molecular complexity index is 1210. The maximum atomic E-state index is 11.9. The predicted molar refractivity (Wildman–Crippen MR) is 127 cm³/mol. The number of piperazine rings is 1. The lowest BCUT2D eigenvalue weighted by Gasteiger charge is -2.34. The second kappa shape index (κ2) is 8.90. The van der Waals surface area contributed by atoms with Crippen LogP contribution in [-0.2, 0) is 11.3 Å². The van der Waals surface area contributed by atoms with Crippen molar-refractivity contribution in [2.75, 3.05) is 32.7 Å². The normalized spacial score (nSPS) is 19.2. The van der Waals surface area contributed by atoms with E-state index in [0.717, 1.165) is 73.5 Å². The summed E-state index contributed by atoms with van der Waals surface area (Å²) in [6, 6.07) is 12.4. The lowest BCUT2D eigenvalue weighted by Crippen LogP contribution is -2.45. The van der Waals surface area contributed by atoms with Gasteiger partial charge >= 0.3 is 0 Å². The molecule has 0 atom stereocenters. The van der Waals surface area contributed by atoms with Gasteiger partial charge in [-0.2, -0.15) is 0 Å². The number of nitrogens with zero attached hydrogens (tertiary/aromatic N) is 4. The first kappa shape index (κ1) is 20.9. The molecule has 3 aromatic rings. The molecule has 0 bridgehead atoms. The Labute approximate surface area is 191 Å². The number of likely N-dealkylation sites (N-methyl/N-ethyl adjacent to an activating group) is 1. The topological polar surface area (TPSA) is 69.9 Å². The molecule has 32 heavy (non-hydrogen) atoms. The van der Waals surface area contributed by atoms with Crippen molar-refractivity contribution in [1.29, 1.82) is 0 Å². The molecule has 2 saturated heterocycles. The van der Waals surface area contributed by atoms with Crippen LogP contribution in [0.3, 0.4) is 0 Å². The van der Waals surface area contributed by atoms with Crippen molar-refractivity contribution in [2.24, 2.45) is 0 Å². The first-order valence-electron chi connectivity index (χ1n) is 10.8. The molecule has 7 nitrogen and oxygen atoms in total. The van der Waals surface area contributed by atoms with E-state index in [0.29, 0.717) is 4.91 Å². The summed E-state index contributed by atoms with van der Waals surface area (Å²) >= 11 is 0.925. The van der Waals surface area contributed by atoms with Crippen molar-refractivity contribution in [3.05, 3.63) is 64.8 Å². The zero-order valence-electron chi connectivity index (χ0n) is 18.0. The molecule has 0 saturated carbocycles. The van der Waals surface area contributed by atoms with E-state index in [4.69, 9.17) is 0 Å². The molecular formula is C24H25N5O2S. The first-order valence-corrected chi connectivity index (χ1v) is 11.7. The van der Waals surface area contributed by atoms with Crippen LogP contribution in [-0.4, -0.2) is 63.1 Å². The first-order chi connectivity index (χ1) is 15.6. The number of aromatic nitrogens is 2. The van der Waals surface area contributed by atoms with Crippen LogP contribution in [0, 0.1) is 0 Å². The minimum atomic E-state index is -0.349. The quantitative estimate of drug-likeness (QED) is 0.604.